The zero-order valence-electron chi connectivity index (χ0n) is 11.1. The maximum Gasteiger partial charge on any atom is 0.277 e. The second-order valence-electron chi connectivity index (χ2n) is 4.38. The van der Waals surface area contributed by atoms with Gasteiger partial charge >= 0.3 is 0 Å². The average Bonchev–Trinajstić information content (AvgIpc) is 2.37. The fourth-order valence-electron chi connectivity index (χ4n) is 1.45. The molecule has 0 fully saturated rings. The van der Waals surface area contributed by atoms with Gasteiger partial charge in [0.2, 0.25) is 5.28 Å². The number of nitrogens with zero attached hydrogens (tertiary/aromatic N) is 4. The summed E-state index contributed by atoms with van der Waals surface area (Å²) in [5, 5.41) is 2.69. The van der Waals surface area contributed by atoms with Crippen molar-refractivity contribution >= 4 is 46.5 Å². The highest BCUT2D eigenvalue weighted by Gasteiger charge is 2.16. The van der Waals surface area contributed by atoms with Crippen LogP contribution >= 0.6 is 34.8 Å². The maximum absolute atomic E-state index is 12.2. The van der Waals surface area contributed by atoms with Gasteiger partial charge in [-0.15, -0.1) is 0 Å². The summed E-state index contributed by atoms with van der Waals surface area (Å²) < 4.78 is 0. The van der Waals surface area contributed by atoms with Gasteiger partial charge in [0, 0.05) is 12.0 Å². The van der Waals surface area contributed by atoms with Crippen LogP contribution in [0.1, 0.15) is 36.1 Å². The highest BCUT2D eigenvalue weighted by Crippen LogP contribution is 2.19. The Hall–Kier alpha value is -1.50. The average molecular weight is 347 g/mol. The van der Waals surface area contributed by atoms with Crippen molar-refractivity contribution < 1.29 is 4.79 Å². The number of nitrogens with one attached hydrogen (secondary N) is 1. The summed E-state index contributed by atoms with van der Waals surface area (Å²) in [4.78, 5) is 27.9. The van der Waals surface area contributed by atoms with Crippen LogP contribution in [0.3, 0.4) is 0 Å². The van der Waals surface area contributed by atoms with Crippen LogP contribution in [-0.2, 0) is 0 Å². The number of rotatable bonds is 3. The minimum Gasteiger partial charge on any atom is -0.305 e. The highest BCUT2D eigenvalue weighted by atomic mass is 35.5. The van der Waals surface area contributed by atoms with Crippen LogP contribution in [0.15, 0.2) is 12.3 Å². The van der Waals surface area contributed by atoms with Crippen LogP contribution in [0.4, 0.5) is 5.82 Å². The topological polar surface area (TPSA) is 80.7 Å². The molecule has 1 N–H and O–H groups in total. The molecule has 0 bridgehead atoms. The predicted molar refractivity (Wildman–Crippen MR) is 81.1 cm³/mol. The van der Waals surface area contributed by atoms with Gasteiger partial charge in [0.05, 0.1) is 11.2 Å². The Bertz CT molecular complexity index is 672. The Morgan fingerprint density at radius 1 is 1.19 bits per heavy atom. The van der Waals surface area contributed by atoms with Gasteiger partial charge in [-0.1, -0.05) is 37.0 Å². The monoisotopic (exact) mass is 345 g/mol. The molecule has 21 heavy (non-hydrogen) atoms. The molecule has 6 nitrogen and oxygen atoms in total. The molecular formula is C12H10Cl3N5O. The third-order valence-corrected chi connectivity index (χ3v) is 3.04. The molecule has 0 saturated carbocycles. The van der Waals surface area contributed by atoms with Crippen LogP contribution in [0.5, 0.6) is 0 Å². The summed E-state index contributed by atoms with van der Waals surface area (Å²) in [7, 11) is 0. The van der Waals surface area contributed by atoms with E-state index in [1.807, 2.05) is 13.8 Å². The van der Waals surface area contributed by atoms with Gasteiger partial charge in [-0.05, 0) is 11.6 Å². The van der Waals surface area contributed by atoms with Crippen LogP contribution in [0, 0.1) is 0 Å². The lowest BCUT2D eigenvalue weighted by molar-refractivity contribution is 0.102. The molecule has 0 aliphatic heterocycles. The molecule has 9 heteroatoms. The molecule has 0 radical (unpaired) electrons. The SMILES string of the molecule is CC(C)c1ncc(Cl)c(C(=O)Nc2cc(Cl)nc(Cl)n2)n1. The quantitative estimate of drug-likeness (QED) is 0.678. The van der Waals surface area contributed by atoms with E-state index in [1.54, 1.807) is 0 Å². The molecule has 0 spiro atoms. The van der Waals surface area contributed by atoms with Crippen LogP contribution < -0.4 is 5.32 Å². The zero-order chi connectivity index (χ0) is 15.6. The maximum atomic E-state index is 12.2. The van der Waals surface area contributed by atoms with E-state index in [4.69, 9.17) is 34.8 Å². The lowest BCUT2D eigenvalue weighted by atomic mass is 10.2. The highest BCUT2D eigenvalue weighted by molar-refractivity contribution is 6.34. The number of halogens is 3. The van der Waals surface area contributed by atoms with Crippen molar-refractivity contribution in [3.63, 3.8) is 0 Å². The number of hydrogen-bond acceptors (Lipinski definition) is 5. The summed E-state index contributed by atoms with van der Waals surface area (Å²) >= 11 is 17.4. The van der Waals surface area contributed by atoms with E-state index in [-0.39, 0.29) is 32.9 Å². The number of carbonyl (C=O) groups excluding carboxylic acids is 1. The molecule has 2 aromatic heterocycles. The summed E-state index contributed by atoms with van der Waals surface area (Å²) in [5.41, 5.74) is 0.0567. The molecule has 0 aromatic carbocycles. The predicted octanol–water partition coefficient (Wildman–Crippen LogP) is 3.60. The fourth-order valence-corrected chi connectivity index (χ4v) is 2.03. The molecule has 1 amide bonds. The minimum absolute atomic E-state index is 0.0567. The summed E-state index contributed by atoms with van der Waals surface area (Å²) in [6.45, 7) is 3.82. The summed E-state index contributed by atoms with van der Waals surface area (Å²) in [6.07, 6.45) is 1.39. The van der Waals surface area contributed by atoms with E-state index < -0.39 is 5.91 Å². The first-order valence-electron chi connectivity index (χ1n) is 5.90. The van der Waals surface area contributed by atoms with Gasteiger partial charge in [0.15, 0.2) is 5.69 Å². The molecule has 2 aromatic rings. The number of amides is 1. The Morgan fingerprint density at radius 2 is 1.90 bits per heavy atom. The third-order valence-electron chi connectivity index (χ3n) is 2.40. The molecule has 0 atom stereocenters. The molecular weight excluding hydrogens is 337 g/mol. The molecule has 2 heterocycles. The van der Waals surface area contributed by atoms with Crippen molar-refractivity contribution in [2.75, 3.05) is 5.32 Å². The first kappa shape index (κ1) is 15.9. The van der Waals surface area contributed by atoms with E-state index >= 15 is 0 Å². The van der Waals surface area contributed by atoms with Crippen molar-refractivity contribution in [2.45, 2.75) is 19.8 Å². The lowest BCUT2D eigenvalue weighted by Gasteiger charge is -2.08. The molecule has 0 aliphatic rings. The second-order valence-corrected chi connectivity index (χ2v) is 5.51. The van der Waals surface area contributed by atoms with E-state index in [9.17, 15) is 4.79 Å². The van der Waals surface area contributed by atoms with Crippen molar-refractivity contribution in [2.24, 2.45) is 0 Å². The Kier molecular flexibility index (Phi) is 4.92. The Labute approximate surface area is 135 Å². The lowest BCUT2D eigenvalue weighted by Crippen LogP contribution is -2.17. The van der Waals surface area contributed by atoms with Gasteiger partial charge in [0.1, 0.15) is 16.8 Å². The largest absolute Gasteiger partial charge is 0.305 e. The van der Waals surface area contributed by atoms with Crippen molar-refractivity contribution in [1.29, 1.82) is 0 Å². The van der Waals surface area contributed by atoms with Gasteiger partial charge in [-0.25, -0.2) is 19.9 Å². The second kappa shape index (κ2) is 6.51. The van der Waals surface area contributed by atoms with Gasteiger partial charge < -0.3 is 5.32 Å². The van der Waals surface area contributed by atoms with Crippen molar-refractivity contribution in [3.8, 4) is 0 Å². The summed E-state index contributed by atoms with van der Waals surface area (Å²) in [6, 6.07) is 1.36. The van der Waals surface area contributed by atoms with Gasteiger partial charge in [-0.2, -0.15) is 0 Å². The number of anilines is 1. The van der Waals surface area contributed by atoms with Crippen LogP contribution in [-0.4, -0.2) is 25.8 Å². The molecule has 0 aliphatic carbocycles. The Balaban J connectivity index is 2.29. The molecule has 0 unspecified atom stereocenters. The van der Waals surface area contributed by atoms with Crippen molar-refractivity contribution in [3.05, 3.63) is 39.2 Å². The fraction of sp³-hybridized carbons (Fsp3) is 0.250. The first-order valence-corrected chi connectivity index (χ1v) is 7.04. The van der Waals surface area contributed by atoms with E-state index in [1.165, 1.54) is 12.3 Å². The van der Waals surface area contributed by atoms with Gasteiger partial charge in [-0.3, -0.25) is 4.79 Å². The van der Waals surface area contributed by atoms with Crippen molar-refractivity contribution in [1.82, 2.24) is 19.9 Å². The van der Waals surface area contributed by atoms with Crippen LogP contribution in [0.25, 0.3) is 0 Å². The van der Waals surface area contributed by atoms with Gasteiger partial charge in [0.25, 0.3) is 5.91 Å². The molecule has 2 rings (SSSR count). The number of carbonyl (C=O) groups is 1. The normalized spacial score (nSPS) is 10.8. The number of hydrogen-bond donors (Lipinski definition) is 1. The van der Waals surface area contributed by atoms with E-state index in [2.05, 4.69) is 25.3 Å². The standard InChI is InChI=1S/C12H10Cl3N5O/c1-5(2)10-16-4-6(13)9(20-10)11(21)18-8-3-7(14)17-12(15)19-8/h3-5H,1-2H3,(H,17,18,19,21). The third kappa shape index (κ3) is 4.00. The summed E-state index contributed by atoms with van der Waals surface area (Å²) in [5.74, 6) is 0.209. The minimum atomic E-state index is -0.532. The van der Waals surface area contributed by atoms with Crippen LogP contribution in [0.2, 0.25) is 15.5 Å². The van der Waals surface area contributed by atoms with E-state index in [0.717, 1.165) is 0 Å². The smallest absolute Gasteiger partial charge is 0.277 e. The number of aromatic nitrogens is 4. The Morgan fingerprint density at radius 3 is 2.52 bits per heavy atom. The molecule has 110 valence electrons. The molecule has 0 saturated heterocycles. The zero-order valence-corrected chi connectivity index (χ0v) is 13.3. The first-order chi connectivity index (χ1) is 9.86. The van der Waals surface area contributed by atoms with E-state index in [0.29, 0.717) is 5.82 Å².